The van der Waals surface area contributed by atoms with E-state index in [2.05, 4.69) is 0 Å². The van der Waals surface area contributed by atoms with Crippen molar-refractivity contribution in [3.8, 4) is 0 Å². The molecule has 7 heteroatoms. The smallest absolute Gasteiger partial charge is 0.152 e. The summed E-state index contributed by atoms with van der Waals surface area (Å²) in [6.45, 7) is 9.41. The molecule has 0 N–H and O–H groups in total. The number of Topliss-reactive ketones (excluding diaryl/α,β-unsaturated/α-hetero) is 1. The van der Waals surface area contributed by atoms with Crippen LogP contribution in [0.5, 0.6) is 0 Å². The fourth-order valence-electron chi connectivity index (χ4n) is 2.60. The monoisotopic (exact) mass is 434 g/mol. The fraction of sp³-hybridized carbons (Fsp3) is 0.773. The molecule has 2 atom stereocenters. The molecule has 29 heavy (non-hydrogen) atoms. The van der Waals surface area contributed by atoms with Crippen LogP contribution >= 0.6 is 7.14 Å². The number of rotatable bonds is 5. The number of hydrogen-bond acceptors (Lipinski definition) is 6. The van der Waals surface area contributed by atoms with Gasteiger partial charge in [-0.15, -0.1) is 0 Å². The highest BCUT2D eigenvalue weighted by molar-refractivity contribution is 7.63. The van der Waals surface area contributed by atoms with Crippen LogP contribution in [0.3, 0.4) is 0 Å². The zero-order valence-electron chi connectivity index (χ0n) is 17.1. The van der Waals surface area contributed by atoms with Crippen LogP contribution in [-0.4, -0.2) is 63.8 Å². The standard InChI is InChI=1S/C9H14O2.C6H10O2.C5H11O2P.2CH4/c1-8(10)4-5-9-3-2-6-11-7-9;7-4-6-2-1-3-8-5-6;1-5(6)4-8(2,3)7;;/h4-5,9H,2-3,6-7H2,1H3;4,6H,1-3,5H2;4H2,1-3H3;2*1H4/b5-4+;;;;. The Labute approximate surface area is 178 Å². The largest absolute Gasteiger partial charge is 0.381 e. The molecule has 0 radical (unpaired) electrons. The van der Waals surface area contributed by atoms with Gasteiger partial charge in [-0.05, 0) is 58.9 Å². The average molecular weight is 435 g/mol. The van der Waals surface area contributed by atoms with E-state index in [9.17, 15) is 18.9 Å². The third-order valence-electron chi connectivity index (χ3n) is 3.79. The quantitative estimate of drug-likeness (QED) is 0.356. The highest BCUT2D eigenvalue weighted by Gasteiger charge is 2.11. The molecular formula is C22H43O6P. The van der Waals surface area contributed by atoms with Crippen LogP contribution in [0.15, 0.2) is 12.2 Å². The Morgan fingerprint density at radius 1 is 0.966 bits per heavy atom. The third-order valence-corrected chi connectivity index (χ3v) is 5.00. The summed E-state index contributed by atoms with van der Waals surface area (Å²) in [5.41, 5.74) is 0. The van der Waals surface area contributed by atoms with E-state index in [1.807, 2.05) is 6.08 Å². The van der Waals surface area contributed by atoms with Crippen molar-refractivity contribution in [3.63, 3.8) is 0 Å². The van der Waals surface area contributed by atoms with Crippen LogP contribution in [0.4, 0.5) is 0 Å². The maximum atomic E-state index is 10.8. The first-order valence-electron chi connectivity index (χ1n) is 9.47. The van der Waals surface area contributed by atoms with Gasteiger partial charge in [0.2, 0.25) is 0 Å². The Morgan fingerprint density at radius 2 is 1.45 bits per heavy atom. The Balaban J connectivity index is -0.000000345. The van der Waals surface area contributed by atoms with Gasteiger partial charge in [-0.3, -0.25) is 9.59 Å². The summed E-state index contributed by atoms with van der Waals surface area (Å²) in [5.74, 6) is 0.783. The van der Waals surface area contributed by atoms with Crippen molar-refractivity contribution in [2.24, 2.45) is 11.8 Å². The summed E-state index contributed by atoms with van der Waals surface area (Å²) < 4.78 is 21.1. The van der Waals surface area contributed by atoms with E-state index in [0.29, 0.717) is 12.5 Å². The molecule has 0 saturated carbocycles. The minimum atomic E-state index is -2.07. The number of ketones is 2. The summed E-state index contributed by atoms with van der Waals surface area (Å²) in [6, 6.07) is 0. The van der Waals surface area contributed by atoms with E-state index in [4.69, 9.17) is 9.47 Å². The number of hydrogen-bond donors (Lipinski definition) is 0. The second-order valence-corrected chi connectivity index (χ2v) is 11.0. The molecule has 6 nitrogen and oxygen atoms in total. The molecule has 0 aromatic heterocycles. The van der Waals surface area contributed by atoms with Crippen LogP contribution in [-0.2, 0) is 28.4 Å². The van der Waals surface area contributed by atoms with Crippen molar-refractivity contribution < 1.29 is 28.4 Å². The Kier molecular flexibility index (Phi) is 21.2. The van der Waals surface area contributed by atoms with Gasteiger partial charge in [0.25, 0.3) is 0 Å². The third kappa shape index (κ3) is 23.0. The predicted octanol–water partition coefficient (Wildman–Crippen LogP) is 4.64. The van der Waals surface area contributed by atoms with Gasteiger partial charge in [-0.25, -0.2) is 0 Å². The normalized spacial score (nSPS) is 21.1. The minimum absolute atomic E-state index is 0. The van der Waals surface area contributed by atoms with E-state index in [1.165, 1.54) is 6.92 Å². The first-order valence-corrected chi connectivity index (χ1v) is 12.3. The number of carbonyl (C=O) groups is 3. The summed E-state index contributed by atoms with van der Waals surface area (Å²) in [6.07, 6.45) is 9.16. The molecule has 2 unspecified atom stereocenters. The van der Waals surface area contributed by atoms with Crippen LogP contribution in [0, 0.1) is 11.8 Å². The SMILES string of the molecule is C.C.CC(=O)/C=C/C1CCCOC1.CC(=O)CP(C)(C)=O.O=CC1CCCOC1. The Bertz CT molecular complexity index is 511. The van der Waals surface area contributed by atoms with Crippen molar-refractivity contribution >= 4 is 25.0 Å². The molecule has 0 aliphatic carbocycles. The molecule has 2 heterocycles. The van der Waals surface area contributed by atoms with E-state index >= 15 is 0 Å². The molecule has 0 aromatic carbocycles. The predicted molar refractivity (Wildman–Crippen MR) is 121 cm³/mol. The molecule has 2 saturated heterocycles. The van der Waals surface area contributed by atoms with Crippen molar-refractivity contribution in [1.82, 2.24) is 0 Å². The molecule has 2 rings (SSSR count). The van der Waals surface area contributed by atoms with Gasteiger partial charge in [0.05, 0.1) is 26.5 Å². The molecule has 2 fully saturated rings. The van der Waals surface area contributed by atoms with E-state index in [0.717, 1.165) is 51.8 Å². The lowest BCUT2D eigenvalue weighted by molar-refractivity contribution is -0.115. The molecule has 2 aliphatic heterocycles. The van der Waals surface area contributed by atoms with Gasteiger partial charge in [0.1, 0.15) is 12.1 Å². The summed E-state index contributed by atoms with van der Waals surface area (Å²) in [4.78, 5) is 30.9. The Morgan fingerprint density at radius 3 is 1.69 bits per heavy atom. The van der Waals surface area contributed by atoms with Crippen LogP contribution in [0.2, 0.25) is 0 Å². The lowest BCUT2D eigenvalue weighted by atomic mass is 10.0. The summed E-state index contributed by atoms with van der Waals surface area (Å²) in [5, 5.41) is 0. The van der Waals surface area contributed by atoms with Crippen LogP contribution in [0.25, 0.3) is 0 Å². The highest BCUT2D eigenvalue weighted by atomic mass is 31.2. The topological polar surface area (TPSA) is 86.7 Å². The first-order chi connectivity index (χ1) is 12.6. The Hall–Kier alpha value is -1.10. The van der Waals surface area contributed by atoms with Crippen molar-refractivity contribution in [1.29, 1.82) is 0 Å². The highest BCUT2D eigenvalue weighted by Crippen LogP contribution is 2.34. The van der Waals surface area contributed by atoms with Crippen LogP contribution in [0.1, 0.15) is 54.4 Å². The summed E-state index contributed by atoms with van der Waals surface area (Å²) in [7, 11) is -2.07. The molecular weight excluding hydrogens is 391 g/mol. The van der Waals surface area contributed by atoms with Crippen molar-refractivity contribution in [3.05, 3.63) is 12.2 Å². The van der Waals surface area contributed by atoms with E-state index in [1.54, 1.807) is 26.3 Å². The average Bonchev–Trinajstić information content (AvgIpc) is 2.60. The molecule has 0 amide bonds. The van der Waals surface area contributed by atoms with Gasteiger partial charge in [0.15, 0.2) is 5.78 Å². The van der Waals surface area contributed by atoms with Gasteiger partial charge in [-0.1, -0.05) is 20.9 Å². The molecule has 0 aromatic rings. The van der Waals surface area contributed by atoms with Gasteiger partial charge < -0.3 is 18.8 Å². The van der Waals surface area contributed by atoms with Gasteiger partial charge >= 0.3 is 0 Å². The minimum Gasteiger partial charge on any atom is -0.381 e. The van der Waals surface area contributed by atoms with Gasteiger partial charge in [0, 0.05) is 25.0 Å². The molecule has 2 aliphatic rings. The maximum absolute atomic E-state index is 10.8. The molecule has 0 spiro atoms. The number of aldehydes is 1. The van der Waals surface area contributed by atoms with Gasteiger partial charge in [-0.2, -0.15) is 0 Å². The lowest BCUT2D eigenvalue weighted by Gasteiger charge is -2.18. The second-order valence-electron chi connectivity index (χ2n) is 7.49. The summed E-state index contributed by atoms with van der Waals surface area (Å²) >= 11 is 0. The molecule has 0 bridgehead atoms. The maximum Gasteiger partial charge on any atom is 0.152 e. The van der Waals surface area contributed by atoms with E-state index in [-0.39, 0.29) is 38.5 Å². The van der Waals surface area contributed by atoms with Crippen molar-refractivity contribution in [2.45, 2.75) is 54.4 Å². The molecule has 172 valence electrons. The first kappa shape index (κ1) is 32.6. The lowest BCUT2D eigenvalue weighted by Crippen LogP contribution is -2.17. The number of ether oxygens (including phenoxy) is 2. The zero-order chi connectivity index (χ0) is 20.7. The van der Waals surface area contributed by atoms with Crippen molar-refractivity contribution in [2.75, 3.05) is 45.9 Å². The number of allylic oxidation sites excluding steroid dienone is 1. The fourth-order valence-corrected chi connectivity index (χ4v) is 3.67. The zero-order valence-corrected chi connectivity index (χ0v) is 18.0. The van der Waals surface area contributed by atoms with E-state index < -0.39 is 7.14 Å². The second kappa shape index (κ2) is 18.9. The van der Waals surface area contributed by atoms with Crippen LogP contribution < -0.4 is 0 Å². The number of carbonyl (C=O) groups excluding carboxylic acids is 3.